The van der Waals surface area contributed by atoms with Crippen LogP contribution in [-0.2, 0) is 4.74 Å². The number of ether oxygens (including phenoxy) is 1. The van der Waals surface area contributed by atoms with Crippen LogP contribution in [0.3, 0.4) is 0 Å². The number of halogens is 4. The number of rotatable bonds is 10. The molecule has 2 amide bonds. The first kappa shape index (κ1) is 37.3. The molecule has 2 aromatic carbocycles. The normalized spacial score (nSPS) is 14.7. The van der Waals surface area contributed by atoms with Gasteiger partial charge in [-0.1, -0.05) is 35.3 Å². The molecule has 2 fully saturated rings. The Hall–Kier alpha value is -4.94. The quantitative estimate of drug-likeness (QED) is 0.128. The smallest absolute Gasteiger partial charge is 0.340 e. The van der Waals surface area contributed by atoms with Crippen LogP contribution in [0.5, 0.6) is 0 Å². The van der Waals surface area contributed by atoms with Gasteiger partial charge in [0.05, 0.1) is 29.6 Å². The monoisotopic (exact) mass is 738 g/mol. The maximum atomic E-state index is 15.0. The first-order chi connectivity index (χ1) is 24.3. The first-order valence-electron chi connectivity index (χ1n) is 16.1. The van der Waals surface area contributed by atoms with Crippen LogP contribution in [0, 0.1) is 23.5 Å². The molecular weight excluding hydrogens is 705 g/mol. The SMILES string of the molecule is CC(C1CC1)N(C(=O)c1ccnc(Cl)c1)c1cccc(C(=O)O)c1F.COC(=O)c1cccc(N(C(=O)c2ccnc(Cl)c2)C(C)C2CC2)c1F. The first-order valence-corrected chi connectivity index (χ1v) is 16.9. The van der Waals surface area contributed by atoms with Crippen molar-refractivity contribution >= 4 is 58.3 Å². The third kappa shape index (κ3) is 8.51. The van der Waals surface area contributed by atoms with Gasteiger partial charge in [0.15, 0.2) is 11.6 Å². The van der Waals surface area contributed by atoms with Crippen LogP contribution in [0.2, 0.25) is 10.3 Å². The van der Waals surface area contributed by atoms with E-state index in [9.17, 15) is 23.6 Å². The fourth-order valence-electron chi connectivity index (χ4n) is 5.80. The van der Waals surface area contributed by atoms with Crippen molar-refractivity contribution in [2.75, 3.05) is 16.9 Å². The Morgan fingerprint density at radius 3 is 1.53 bits per heavy atom. The molecule has 0 radical (unpaired) electrons. The van der Waals surface area contributed by atoms with Crippen LogP contribution in [-0.4, -0.2) is 58.0 Å². The molecule has 51 heavy (non-hydrogen) atoms. The highest BCUT2D eigenvalue weighted by molar-refractivity contribution is 6.30. The Labute approximate surface area is 303 Å². The summed E-state index contributed by atoms with van der Waals surface area (Å²) in [6, 6.07) is 13.8. The van der Waals surface area contributed by atoms with Crippen molar-refractivity contribution in [3.8, 4) is 0 Å². The van der Waals surface area contributed by atoms with Gasteiger partial charge in [0.25, 0.3) is 11.8 Å². The van der Waals surface area contributed by atoms with E-state index >= 15 is 4.39 Å². The highest BCUT2D eigenvalue weighted by Gasteiger charge is 2.38. The number of hydrogen-bond acceptors (Lipinski definition) is 7. The maximum absolute atomic E-state index is 15.0. The van der Waals surface area contributed by atoms with Crippen LogP contribution in [0.4, 0.5) is 20.2 Å². The Morgan fingerprint density at radius 2 is 1.16 bits per heavy atom. The molecule has 2 saturated carbocycles. The molecule has 2 aliphatic carbocycles. The molecule has 2 aromatic heterocycles. The molecule has 0 spiro atoms. The number of carboxylic acid groups (broad SMARTS) is 1. The Balaban J connectivity index is 0.000000198. The van der Waals surface area contributed by atoms with Gasteiger partial charge in [-0.05, 0) is 99.9 Å². The molecule has 2 heterocycles. The molecular formula is C37H34Cl2F2N4O6. The number of carboxylic acids is 1. The molecule has 266 valence electrons. The van der Waals surface area contributed by atoms with E-state index in [1.165, 1.54) is 90.0 Å². The third-order valence-electron chi connectivity index (χ3n) is 8.92. The Kier molecular flexibility index (Phi) is 11.7. The number of aromatic nitrogens is 2. The van der Waals surface area contributed by atoms with Gasteiger partial charge in [0.2, 0.25) is 0 Å². The van der Waals surface area contributed by atoms with Crippen LogP contribution in [0.1, 0.15) is 81.0 Å². The summed E-state index contributed by atoms with van der Waals surface area (Å²) in [5.74, 6) is -4.15. The zero-order valence-corrected chi connectivity index (χ0v) is 29.4. The highest BCUT2D eigenvalue weighted by atomic mass is 35.5. The van der Waals surface area contributed by atoms with E-state index in [1.807, 2.05) is 13.8 Å². The lowest BCUT2D eigenvalue weighted by Gasteiger charge is -2.30. The summed E-state index contributed by atoms with van der Waals surface area (Å²) >= 11 is 11.8. The maximum Gasteiger partial charge on any atom is 0.340 e. The number of aromatic carboxylic acids is 1. The van der Waals surface area contributed by atoms with Crippen LogP contribution >= 0.6 is 23.2 Å². The van der Waals surface area contributed by atoms with Crippen molar-refractivity contribution in [3.63, 3.8) is 0 Å². The highest BCUT2D eigenvalue weighted by Crippen LogP contribution is 2.40. The number of anilines is 2. The topological polar surface area (TPSA) is 130 Å². The van der Waals surface area contributed by atoms with Crippen molar-refractivity contribution < 1.29 is 37.8 Å². The van der Waals surface area contributed by atoms with Gasteiger partial charge >= 0.3 is 11.9 Å². The van der Waals surface area contributed by atoms with Crippen LogP contribution < -0.4 is 9.80 Å². The minimum Gasteiger partial charge on any atom is -0.478 e. The molecule has 1 N–H and O–H groups in total. The van der Waals surface area contributed by atoms with Crippen molar-refractivity contribution in [1.29, 1.82) is 0 Å². The lowest BCUT2D eigenvalue weighted by Crippen LogP contribution is -2.41. The van der Waals surface area contributed by atoms with Gasteiger partial charge in [-0.3, -0.25) is 9.59 Å². The summed E-state index contributed by atoms with van der Waals surface area (Å²) in [6.45, 7) is 3.72. The van der Waals surface area contributed by atoms with Crippen molar-refractivity contribution in [2.24, 2.45) is 11.8 Å². The number of methoxy groups -OCH3 is 1. The van der Waals surface area contributed by atoms with Gasteiger partial charge in [-0.25, -0.2) is 28.3 Å². The molecule has 2 atom stereocenters. The number of carbonyl (C=O) groups is 4. The van der Waals surface area contributed by atoms with E-state index in [-0.39, 0.29) is 56.7 Å². The predicted molar refractivity (Wildman–Crippen MR) is 188 cm³/mol. The molecule has 2 aliphatic rings. The molecule has 0 bridgehead atoms. The number of carbonyl (C=O) groups excluding carboxylic acids is 3. The average Bonchev–Trinajstić information content (AvgIpc) is 4.03. The minimum absolute atomic E-state index is 0.0442. The second-order valence-electron chi connectivity index (χ2n) is 12.3. The molecule has 6 rings (SSSR count). The van der Waals surface area contributed by atoms with Gasteiger partial charge < -0.3 is 19.6 Å². The van der Waals surface area contributed by atoms with Crippen molar-refractivity contribution in [1.82, 2.24) is 9.97 Å². The van der Waals surface area contributed by atoms with Crippen LogP contribution in [0.15, 0.2) is 73.1 Å². The molecule has 2 unspecified atom stereocenters. The van der Waals surface area contributed by atoms with Gasteiger partial charge in [-0.2, -0.15) is 0 Å². The number of nitrogens with zero attached hydrogens (tertiary/aromatic N) is 4. The van der Waals surface area contributed by atoms with E-state index in [0.717, 1.165) is 25.7 Å². The van der Waals surface area contributed by atoms with Gasteiger partial charge in [0, 0.05) is 35.6 Å². The number of pyridine rings is 2. The summed E-state index contributed by atoms with van der Waals surface area (Å²) in [6.07, 6.45) is 6.67. The van der Waals surface area contributed by atoms with Gasteiger partial charge in [0.1, 0.15) is 10.3 Å². The van der Waals surface area contributed by atoms with E-state index < -0.39 is 41.0 Å². The summed E-state index contributed by atoms with van der Waals surface area (Å²) in [5.41, 5.74) is -0.0971. The second-order valence-corrected chi connectivity index (χ2v) is 13.1. The number of amides is 2. The van der Waals surface area contributed by atoms with Crippen LogP contribution in [0.25, 0.3) is 0 Å². The standard InChI is InChI=1S/C19H18ClFN2O3.C18H16ClFN2O3/c1-11(12-6-7-12)23(18(24)13-8-9-22-16(20)10-13)15-5-3-4-14(17(15)21)19(25)26-2;1-10(11-5-6-11)22(17(23)12-7-8-21-15(19)9-12)14-4-2-3-13(16(14)20)18(24)25/h3-5,8-12H,6-7H2,1-2H3;2-4,7-11H,5-6H2,1H3,(H,24,25). The molecule has 4 aromatic rings. The Bertz CT molecular complexity index is 1970. The van der Waals surface area contributed by atoms with Crippen molar-refractivity contribution in [3.05, 3.63) is 117 Å². The summed E-state index contributed by atoms with van der Waals surface area (Å²) in [4.78, 5) is 59.6. The second kappa shape index (κ2) is 15.9. The van der Waals surface area contributed by atoms with E-state index in [0.29, 0.717) is 5.56 Å². The molecule has 0 aliphatic heterocycles. The molecule has 0 saturated heterocycles. The van der Waals surface area contributed by atoms with Crippen molar-refractivity contribution in [2.45, 2.75) is 51.6 Å². The van der Waals surface area contributed by atoms with E-state index in [1.54, 1.807) is 0 Å². The number of benzene rings is 2. The lowest BCUT2D eigenvalue weighted by atomic mass is 10.1. The average molecular weight is 740 g/mol. The fourth-order valence-corrected chi connectivity index (χ4v) is 6.15. The zero-order chi connectivity index (χ0) is 37.0. The minimum atomic E-state index is -1.38. The predicted octanol–water partition coefficient (Wildman–Crippen LogP) is 8.12. The Morgan fingerprint density at radius 1 is 0.745 bits per heavy atom. The molecule has 14 heteroatoms. The summed E-state index contributed by atoms with van der Waals surface area (Å²) < 4.78 is 34.4. The number of hydrogen-bond donors (Lipinski definition) is 1. The fraction of sp³-hybridized carbons (Fsp3) is 0.297. The largest absolute Gasteiger partial charge is 0.478 e. The third-order valence-corrected chi connectivity index (χ3v) is 9.33. The van der Waals surface area contributed by atoms with E-state index in [2.05, 4.69) is 14.7 Å². The lowest BCUT2D eigenvalue weighted by molar-refractivity contribution is 0.0594. The van der Waals surface area contributed by atoms with E-state index in [4.69, 9.17) is 28.3 Å². The summed E-state index contributed by atoms with van der Waals surface area (Å²) in [7, 11) is 1.18. The summed E-state index contributed by atoms with van der Waals surface area (Å²) in [5, 5.41) is 9.49. The molecule has 10 nitrogen and oxygen atoms in total. The zero-order valence-electron chi connectivity index (χ0n) is 27.9. The van der Waals surface area contributed by atoms with Gasteiger partial charge in [-0.15, -0.1) is 0 Å². The number of esters is 1.